The van der Waals surface area contributed by atoms with E-state index in [1.807, 2.05) is 104 Å². The molecular formula is C38H37NO7. The normalized spacial score (nSPS) is 25.6. The minimum Gasteiger partial charge on any atom is -0.455 e. The zero-order chi connectivity index (χ0) is 32.3. The number of carbonyl (C=O) groups excluding carboxylic acids is 1. The summed E-state index contributed by atoms with van der Waals surface area (Å²) in [6.07, 6.45) is -4.40. The molecule has 5 unspecified atom stereocenters. The Kier molecular flexibility index (Phi) is 9.32. The molecule has 2 fully saturated rings. The second-order valence-electron chi connectivity index (χ2n) is 11.9. The van der Waals surface area contributed by atoms with Crippen LogP contribution in [0.1, 0.15) is 40.8 Å². The van der Waals surface area contributed by atoms with Gasteiger partial charge in [0.15, 0.2) is 6.10 Å². The molecule has 0 bridgehead atoms. The van der Waals surface area contributed by atoms with Crippen LogP contribution in [0.5, 0.6) is 0 Å². The van der Waals surface area contributed by atoms with E-state index >= 15 is 0 Å². The third kappa shape index (κ3) is 6.21. The van der Waals surface area contributed by atoms with Crippen LogP contribution in [-0.2, 0) is 37.0 Å². The Morgan fingerprint density at radius 2 is 1.61 bits per heavy atom. The minimum atomic E-state index is -1.20. The van der Waals surface area contributed by atoms with Gasteiger partial charge in [-0.2, -0.15) is 5.26 Å². The van der Waals surface area contributed by atoms with Gasteiger partial charge in [0, 0.05) is 6.92 Å². The van der Waals surface area contributed by atoms with E-state index in [4.69, 9.17) is 18.9 Å². The van der Waals surface area contributed by atoms with Crippen LogP contribution >= 0.6 is 0 Å². The van der Waals surface area contributed by atoms with Crippen molar-refractivity contribution in [3.63, 3.8) is 0 Å². The van der Waals surface area contributed by atoms with Crippen LogP contribution < -0.4 is 0 Å². The number of rotatable bonds is 11. The first-order valence-corrected chi connectivity index (χ1v) is 15.4. The average molecular weight is 620 g/mol. The van der Waals surface area contributed by atoms with Crippen molar-refractivity contribution in [2.75, 3.05) is 6.61 Å². The SMILES string of the molecule is CC(=O)O[C@H](c1ccc(-c2cccc(C#N)c2)cc1C)[C@H]1OC(CO)C2(OCc3ccccc3)C(O)C2C1OCc1ccccc1. The van der Waals surface area contributed by atoms with Gasteiger partial charge in [0.25, 0.3) is 0 Å². The lowest BCUT2D eigenvalue weighted by Crippen LogP contribution is -2.54. The van der Waals surface area contributed by atoms with E-state index < -0.39 is 54.6 Å². The Hall–Kier alpha value is -4.36. The molecule has 1 aliphatic carbocycles. The number of ether oxygens (including phenoxy) is 4. The quantitative estimate of drug-likeness (QED) is 0.214. The van der Waals surface area contributed by atoms with Crippen LogP contribution in [0.25, 0.3) is 11.1 Å². The number of aryl methyl sites for hydroxylation is 1. The van der Waals surface area contributed by atoms with E-state index in [0.29, 0.717) is 11.1 Å². The summed E-state index contributed by atoms with van der Waals surface area (Å²) in [5.41, 5.74) is 4.54. The largest absolute Gasteiger partial charge is 0.455 e. The van der Waals surface area contributed by atoms with Gasteiger partial charge in [0.05, 0.1) is 49.6 Å². The molecule has 0 aromatic heterocycles. The van der Waals surface area contributed by atoms with Crippen molar-refractivity contribution in [3.8, 4) is 17.2 Å². The first-order chi connectivity index (χ1) is 22.3. The zero-order valence-electron chi connectivity index (χ0n) is 25.8. The number of esters is 1. The maximum atomic E-state index is 12.6. The fourth-order valence-electron chi connectivity index (χ4n) is 6.69. The van der Waals surface area contributed by atoms with Gasteiger partial charge in [0.1, 0.15) is 17.8 Å². The maximum Gasteiger partial charge on any atom is 0.303 e. The Morgan fingerprint density at radius 1 is 0.935 bits per heavy atom. The highest BCUT2D eigenvalue weighted by Crippen LogP contribution is 2.59. The molecule has 0 spiro atoms. The predicted octanol–water partition coefficient (Wildman–Crippen LogP) is 5.43. The molecule has 1 saturated heterocycles. The van der Waals surface area contributed by atoms with E-state index in [-0.39, 0.29) is 13.2 Å². The van der Waals surface area contributed by atoms with Gasteiger partial charge in [-0.3, -0.25) is 4.79 Å². The fourth-order valence-corrected chi connectivity index (χ4v) is 6.69. The van der Waals surface area contributed by atoms with Gasteiger partial charge in [-0.05, 0) is 52.4 Å². The average Bonchev–Trinajstić information content (AvgIpc) is 3.70. The molecular weight excluding hydrogens is 582 g/mol. The highest BCUT2D eigenvalue weighted by Gasteiger charge is 2.77. The summed E-state index contributed by atoms with van der Waals surface area (Å²) in [6, 6.07) is 34.6. The second-order valence-corrected chi connectivity index (χ2v) is 11.9. The van der Waals surface area contributed by atoms with E-state index in [0.717, 1.165) is 27.8 Å². The lowest BCUT2D eigenvalue weighted by Gasteiger charge is -2.42. The topological polar surface area (TPSA) is 118 Å². The summed E-state index contributed by atoms with van der Waals surface area (Å²) in [6.45, 7) is 3.30. The van der Waals surface area contributed by atoms with E-state index in [1.54, 1.807) is 6.07 Å². The molecule has 4 aromatic rings. The van der Waals surface area contributed by atoms with Crippen molar-refractivity contribution in [2.24, 2.45) is 5.92 Å². The summed E-state index contributed by atoms with van der Waals surface area (Å²) >= 11 is 0. The standard InChI is InChI=1S/C38H37NO7/c1-24-18-30(29-15-9-14-28(19-29)20-39)16-17-31(24)34(45-25(2)41)36-35(43-22-26-10-5-3-6-11-26)33-37(42)38(33,32(21-40)46-36)44-23-27-12-7-4-8-13-27/h3-19,32-37,40,42H,21-23H2,1-2H3/t32?,33?,34-,35?,36-,37?,38?/m1/s1. The molecule has 4 aromatic carbocycles. The van der Waals surface area contributed by atoms with E-state index in [1.165, 1.54) is 6.92 Å². The Labute approximate surface area is 268 Å². The summed E-state index contributed by atoms with van der Waals surface area (Å²) in [5.74, 6) is -1.06. The highest BCUT2D eigenvalue weighted by atomic mass is 16.6. The van der Waals surface area contributed by atoms with Crippen LogP contribution in [0, 0.1) is 24.2 Å². The third-order valence-electron chi connectivity index (χ3n) is 8.99. The van der Waals surface area contributed by atoms with Crippen LogP contribution in [0.15, 0.2) is 103 Å². The molecule has 6 rings (SSSR count). The molecule has 46 heavy (non-hydrogen) atoms. The number of benzene rings is 4. The lowest BCUT2D eigenvalue weighted by molar-refractivity contribution is -0.243. The smallest absolute Gasteiger partial charge is 0.303 e. The monoisotopic (exact) mass is 619 g/mol. The molecule has 0 radical (unpaired) electrons. The third-order valence-corrected chi connectivity index (χ3v) is 8.99. The number of aliphatic hydroxyl groups is 2. The maximum absolute atomic E-state index is 12.6. The molecule has 236 valence electrons. The van der Waals surface area contributed by atoms with Crippen molar-refractivity contribution in [1.82, 2.24) is 0 Å². The number of aliphatic hydroxyl groups excluding tert-OH is 2. The van der Waals surface area contributed by atoms with Gasteiger partial charge in [0.2, 0.25) is 0 Å². The fraction of sp³-hybridized carbons (Fsp3) is 0.316. The number of carbonyl (C=O) groups is 1. The highest BCUT2D eigenvalue weighted by molar-refractivity contribution is 5.68. The molecule has 2 N–H and O–H groups in total. The van der Waals surface area contributed by atoms with Gasteiger partial charge in [-0.15, -0.1) is 0 Å². The molecule has 2 aliphatic rings. The number of fused-ring (bicyclic) bond motifs is 1. The molecule has 8 nitrogen and oxygen atoms in total. The van der Waals surface area contributed by atoms with Crippen molar-refractivity contribution in [1.29, 1.82) is 5.26 Å². The minimum absolute atomic E-state index is 0.214. The van der Waals surface area contributed by atoms with Crippen molar-refractivity contribution in [2.45, 2.75) is 63.2 Å². The Balaban J connectivity index is 1.36. The van der Waals surface area contributed by atoms with Gasteiger partial charge in [-0.25, -0.2) is 0 Å². The number of hydrogen-bond acceptors (Lipinski definition) is 8. The molecule has 8 heteroatoms. The summed E-state index contributed by atoms with van der Waals surface area (Å²) in [5, 5.41) is 31.5. The Morgan fingerprint density at radius 3 is 2.24 bits per heavy atom. The molecule has 7 atom stereocenters. The first kappa shape index (κ1) is 31.6. The zero-order valence-corrected chi connectivity index (χ0v) is 25.8. The van der Waals surface area contributed by atoms with Crippen LogP contribution in [-0.4, -0.2) is 52.8 Å². The molecule has 1 saturated carbocycles. The summed E-state index contributed by atoms with van der Waals surface area (Å²) < 4.78 is 25.5. The number of nitrogens with zero attached hydrogens (tertiary/aromatic N) is 1. The first-order valence-electron chi connectivity index (χ1n) is 15.4. The number of hydrogen-bond donors (Lipinski definition) is 2. The Bertz CT molecular complexity index is 1710. The molecule has 0 amide bonds. The lowest BCUT2D eigenvalue weighted by atomic mass is 9.88. The van der Waals surface area contributed by atoms with Gasteiger partial charge in [-0.1, -0.05) is 91.0 Å². The van der Waals surface area contributed by atoms with E-state index in [9.17, 15) is 20.3 Å². The van der Waals surface area contributed by atoms with Crippen LogP contribution in [0.3, 0.4) is 0 Å². The van der Waals surface area contributed by atoms with Crippen LogP contribution in [0.2, 0.25) is 0 Å². The number of nitriles is 1. The van der Waals surface area contributed by atoms with E-state index in [2.05, 4.69) is 6.07 Å². The van der Waals surface area contributed by atoms with Crippen LogP contribution in [0.4, 0.5) is 0 Å². The van der Waals surface area contributed by atoms with Gasteiger partial charge < -0.3 is 29.2 Å². The van der Waals surface area contributed by atoms with Crippen molar-refractivity contribution < 1.29 is 34.0 Å². The van der Waals surface area contributed by atoms with Crippen molar-refractivity contribution >= 4 is 5.97 Å². The van der Waals surface area contributed by atoms with Gasteiger partial charge >= 0.3 is 5.97 Å². The summed E-state index contributed by atoms with van der Waals surface area (Å²) in [7, 11) is 0. The second kappa shape index (κ2) is 13.6. The predicted molar refractivity (Wildman–Crippen MR) is 170 cm³/mol. The molecule has 1 heterocycles. The molecule has 1 aliphatic heterocycles. The summed E-state index contributed by atoms with van der Waals surface area (Å²) in [4.78, 5) is 12.6. The van der Waals surface area contributed by atoms with Crippen molar-refractivity contribution in [3.05, 3.63) is 131 Å².